The molecule has 1 heterocycles. The average Bonchev–Trinajstić information content (AvgIpc) is 2.28. The number of rotatable bonds is 4. The molecular formula is C10H17NO4. The molecule has 0 saturated carbocycles. The van der Waals surface area contributed by atoms with Gasteiger partial charge in [-0.15, -0.1) is 0 Å². The number of carbonyl (C=O) groups is 1. The van der Waals surface area contributed by atoms with Crippen molar-refractivity contribution in [1.82, 2.24) is 5.48 Å². The van der Waals surface area contributed by atoms with Crippen LogP contribution in [-0.2, 0) is 19.1 Å². The molecule has 0 aliphatic carbocycles. The molecule has 0 aromatic heterocycles. The van der Waals surface area contributed by atoms with Crippen LogP contribution in [0.25, 0.3) is 0 Å². The summed E-state index contributed by atoms with van der Waals surface area (Å²) in [4.78, 5) is 16.1. The van der Waals surface area contributed by atoms with Crippen LogP contribution >= 0.6 is 0 Å². The Bertz CT molecular complexity index is 234. The van der Waals surface area contributed by atoms with Gasteiger partial charge in [0, 0.05) is 6.08 Å². The molecule has 1 N–H and O–H groups in total. The van der Waals surface area contributed by atoms with Crippen LogP contribution in [-0.4, -0.2) is 31.0 Å². The summed E-state index contributed by atoms with van der Waals surface area (Å²) < 4.78 is 10.4. The van der Waals surface area contributed by atoms with Gasteiger partial charge in [0.05, 0.1) is 6.61 Å². The van der Waals surface area contributed by atoms with Crippen LogP contribution in [0.5, 0.6) is 0 Å². The van der Waals surface area contributed by atoms with Crippen LogP contribution in [0.1, 0.15) is 20.3 Å². The summed E-state index contributed by atoms with van der Waals surface area (Å²) >= 11 is 0. The maximum Gasteiger partial charge on any atom is 0.330 e. The highest BCUT2D eigenvalue weighted by atomic mass is 16.7. The van der Waals surface area contributed by atoms with Crippen molar-refractivity contribution in [3.8, 4) is 0 Å². The Kier molecular flexibility index (Phi) is 4.26. The first-order valence-corrected chi connectivity index (χ1v) is 4.95. The molecule has 5 nitrogen and oxygen atoms in total. The number of ether oxygens (including phenoxy) is 2. The first-order chi connectivity index (χ1) is 7.09. The number of carbonyl (C=O) groups excluding carboxylic acids is 1. The lowest BCUT2D eigenvalue weighted by Gasteiger charge is -2.37. The highest BCUT2D eigenvalue weighted by Crippen LogP contribution is 2.17. The molecule has 5 heteroatoms. The van der Waals surface area contributed by atoms with Crippen LogP contribution in [0, 0.1) is 0 Å². The normalized spacial score (nSPS) is 30.9. The fraction of sp³-hybridized carbons (Fsp3) is 0.700. The van der Waals surface area contributed by atoms with Crippen molar-refractivity contribution < 1.29 is 19.1 Å². The van der Waals surface area contributed by atoms with E-state index in [9.17, 15) is 4.79 Å². The van der Waals surface area contributed by atoms with E-state index in [0.29, 0.717) is 6.61 Å². The summed E-state index contributed by atoms with van der Waals surface area (Å²) in [5, 5.41) is 0. The van der Waals surface area contributed by atoms with Crippen molar-refractivity contribution >= 4 is 5.97 Å². The quantitative estimate of drug-likeness (QED) is 0.554. The third-order valence-corrected chi connectivity index (χ3v) is 2.28. The average molecular weight is 215 g/mol. The number of hydrogen-bond donors (Lipinski definition) is 1. The van der Waals surface area contributed by atoms with Gasteiger partial charge >= 0.3 is 5.97 Å². The Morgan fingerprint density at radius 3 is 3.00 bits per heavy atom. The molecule has 1 fully saturated rings. The SMILES string of the molecule is C=CC(=O)OCC1COC(C)(CC)NO1. The number of nitrogens with one attached hydrogen (secondary N) is 1. The van der Waals surface area contributed by atoms with E-state index >= 15 is 0 Å². The molecule has 86 valence electrons. The minimum atomic E-state index is -0.456. The summed E-state index contributed by atoms with van der Waals surface area (Å²) in [6.45, 7) is 7.76. The predicted molar refractivity (Wildman–Crippen MR) is 53.8 cm³/mol. The van der Waals surface area contributed by atoms with Gasteiger partial charge in [0.1, 0.15) is 18.4 Å². The standard InChI is InChI=1S/C10H17NO4/c1-4-9(12)13-6-8-7-14-10(3,5-2)11-15-8/h4,8,11H,1,5-7H2,2-3H3. The lowest BCUT2D eigenvalue weighted by molar-refractivity contribution is -0.254. The van der Waals surface area contributed by atoms with Gasteiger partial charge in [0.2, 0.25) is 0 Å². The van der Waals surface area contributed by atoms with Crippen LogP contribution < -0.4 is 5.48 Å². The van der Waals surface area contributed by atoms with Gasteiger partial charge in [-0.25, -0.2) is 4.79 Å². The van der Waals surface area contributed by atoms with Crippen molar-refractivity contribution in [2.24, 2.45) is 0 Å². The van der Waals surface area contributed by atoms with Crippen molar-refractivity contribution in [3.63, 3.8) is 0 Å². The van der Waals surface area contributed by atoms with E-state index in [2.05, 4.69) is 12.1 Å². The van der Waals surface area contributed by atoms with Crippen molar-refractivity contribution in [2.45, 2.75) is 32.1 Å². The van der Waals surface area contributed by atoms with Crippen molar-refractivity contribution in [2.75, 3.05) is 13.2 Å². The molecule has 0 aromatic rings. The minimum Gasteiger partial charge on any atom is -0.460 e. The maximum atomic E-state index is 10.8. The molecule has 15 heavy (non-hydrogen) atoms. The van der Waals surface area contributed by atoms with Crippen LogP contribution in [0.15, 0.2) is 12.7 Å². The number of esters is 1. The van der Waals surface area contributed by atoms with E-state index in [1.54, 1.807) is 0 Å². The molecule has 1 rings (SSSR count). The van der Waals surface area contributed by atoms with Gasteiger partial charge in [-0.05, 0) is 13.3 Å². The van der Waals surface area contributed by atoms with Crippen molar-refractivity contribution in [1.29, 1.82) is 0 Å². The fourth-order valence-corrected chi connectivity index (χ4v) is 1.04. The number of hydroxylamine groups is 1. The zero-order chi connectivity index (χ0) is 11.3. The third kappa shape index (κ3) is 3.62. The molecule has 0 aromatic carbocycles. The molecule has 0 bridgehead atoms. The predicted octanol–water partition coefficient (Wildman–Crippen LogP) is 0.762. The first-order valence-electron chi connectivity index (χ1n) is 4.95. The summed E-state index contributed by atoms with van der Waals surface area (Å²) in [5.41, 5.74) is 2.35. The van der Waals surface area contributed by atoms with Gasteiger partial charge in [-0.3, -0.25) is 4.84 Å². The molecule has 1 aliphatic heterocycles. The Morgan fingerprint density at radius 1 is 1.80 bits per heavy atom. The fourth-order valence-electron chi connectivity index (χ4n) is 1.04. The molecule has 2 atom stereocenters. The molecular weight excluding hydrogens is 198 g/mol. The van der Waals surface area contributed by atoms with E-state index in [1.165, 1.54) is 0 Å². The summed E-state index contributed by atoms with van der Waals surface area (Å²) in [6.07, 6.45) is 1.65. The van der Waals surface area contributed by atoms with E-state index < -0.39 is 11.7 Å². The molecule has 1 aliphatic rings. The largest absolute Gasteiger partial charge is 0.460 e. The zero-order valence-corrected chi connectivity index (χ0v) is 9.12. The molecule has 0 amide bonds. The van der Waals surface area contributed by atoms with E-state index in [-0.39, 0.29) is 12.7 Å². The Morgan fingerprint density at radius 2 is 2.53 bits per heavy atom. The number of hydrogen-bond acceptors (Lipinski definition) is 5. The van der Waals surface area contributed by atoms with Gasteiger partial charge in [-0.1, -0.05) is 13.5 Å². The lowest BCUT2D eigenvalue weighted by atomic mass is 10.2. The summed E-state index contributed by atoms with van der Waals surface area (Å²) in [5.74, 6) is -0.456. The maximum absolute atomic E-state index is 10.8. The Labute approximate surface area is 89.3 Å². The van der Waals surface area contributed by atoms with Crippen LogP contribution in [0.3, 0.4) is 0 Å². The van der Waals surface area contributed by atoms with Gasteiger partial charge < -0.3 is 9.47 Å². The topological polar surface area (TPSA) is 56.8 Å². The van der Waals surface area contributed by atoms with Gasteiger partial charge in [0.25, 0.3) is 0 Å². The molecule has 0 spiro atoms. The first kappa shape index (κ1) is 12.2. The Hall–Kier alpha value is -0.910. The highest BCUT2D eigenvalue weighted by molar-refractivity contribution is 5.81. The van der Waals surface area contributed by atoms with Crippen LogP contribution in [0.4, 0.5) is 0 Å². The van der Waals surface area contributed by atoms with E-state index in [4.69, 9.17) is 14.3 Å². The second-order valence-electron chi connectivity index (χ2n) is 3.57. The zero-order valence-electron chi connectivity index (χ0n) is 9.12. The van der Waals surface area contributed by atoms with E-state index in [0.717, 1.165) is 12.5 Å². The molecule has 1 saturated heterocycles. The smallest absolute Gasteiger partial charge is 0.330 e. The summed E-state index contributed by atoms with van der Waals surface area (Å²) in [6, 6.07) is 0. The highest BCUT2D eigenvalue weighted by Gasteiger charge is 2.31. The minimum absolute atomic E-state index is 0.164. The molecule has 2 unspecified atom stereocenters. The lowest BCUT2D eigenvalue weighted by Crippen LogP contribution is -2.54. The van der Waals surface area contributed by atoms with Gasteiger partial charge in [0.15, 0.2) is 0 Å². The van der Waals surface area contributed by atoms with E-state index in [1.807, 2.05) is 13.8 Å². The summed E-state index contributed by atoms with van der Waals surface area (Å²) in [7, 11) is 0. The van der Waals surface area contributed by atoms with Gasteiger partial charge in [-0.2, -0.15) is 5.48 Å². The molecule has 0 radical (unpaired) electrons. The monoisotopic (exact) mass is 215 g/mol. The van der Waals surface area contributed by atoms with Crippen LogP contribution in [0.2, 0.25) is 0 Å². The Balaban J connectivity index is 2.26. The second-order valence-corrected chi connectivity index (χ2v) is 3.57. The van der Waals surface area contributed by atoms with Crippen molar-refractivity contribution in [3.05, 3.63) is 12.7 Å². The second kappa shape index (κ2) is 5.25. The third-order valence-electron chi connectivity index (χ3n) is 2.28.